The Bertz CT molecular complexity index is 938. The van der Waals surface area contributed by atoms with E-state index in [-0.39, 0.29) is 11.8 Å². The Morgan fingerprint density at radius 1 is 1.19 bits per heavy atom. The summed E-state index contributed by atoms with van der Waals surface area (Å²) in [5.41, 5.74) is 1.66. The average Bonchev–Trinajstić information content (AvgIpc) is 3.30. The molecule has 0 N–H and O–H groups in total. The van der Waals surface area contributed by atoms with Gasteiger partial charge in [-0.05, 0) is 55.5 Å². The minimum absolute atomic E-state index is 0.0374. The van der Waals surface area contributed by atoms with E-state index >= 15 is 0 Å². The standard InChI is InChI=1S/C20H18ClN3O3/c1-2-26-17-9-7-16(8-10-17)24-12-14(11-18(24)25)20-22-19(23-27-20)13-3-5-15(21)6-4-13/h3-10,14H,2,11-12H2,1H3. The van der Waals surface area contributed by atoms with Gasteiger partial charge >= 0.3 is 0 Å². The number of anilines is 1. The highest BCUT2D eigenvalue weighted by molar-refractivity contribution is 6.30. The number of carbonyl (C=O) groups is 1. The SMILES string of the molecule is CCOc1ccc(N2CC(c3nc(-c4ccc(Cl)cc4)no3)CC2=O)cc1. The molecule has 0 radical (unpaired) electrons. The molecular formula is C20H18ClN3O3. The predicted octanol–water partition coefficient (Wildman–Crippen LogP) is 4.31. The third kappa shape index (κ3) is 3.66. The number of benzene rings is 2. The van der Waals surface area contributed by atoms with Crippen molar-refractivity contribution in [1.29, 1.82) is 0 Å². The Morgan fingerprint density at radius 2 is 1.93 bits per heavy atom. The third-order valence-corrected chi connectivity index (χ3v) is 4.73. The van der Waals surface area contributed by atoms with Gasteiger partial charge in [0.1, 0.15) is 5.75 Å². The summed E-state index contributed by atoms with van der Waals surface area (Å²) in [6.45, 7) is 3.05. The Labute approximate surface area is 161 Å². The summed E-state index contributed by atoms with van der Waals surface area (Å²) < 4.78 is 10.9. The van der Waals surface area contributed by atoms with Gasteiger partial charge in [-0.2, -0.15) is 4.98 Å². The van der Waals surface area contributed by atoms with Crippen molar-refractivity contribution in [2.45, 2.75) is 19.3 Å². The van der Waals surface area contributed by atoms with Crippen LogP contribution in [-0.2, 0) is 4.79 Å². The molecule has 1 aliphatic rings. The first-order chi connectivity index (χ1) is 13.1. The molecule has 138 valence electrons. The van der Waals surface area contributed by atoms with Crippen molar-refractivity contribution in [3.05, 3.63) is 59.4 Å². The van der Waals surface area contributed by atoms with Crippen LogP contribution in [0.15, 0.2) is 53.1 Å². The first kappa shape index (κ1) is 17.5. The van der Waals surface area contributed by atoms with Gasteiger partial charge in [0.05, 0.1) is 12.5 Å². The van der Waals surface area contributed by atoms with E-state index in [2.05, 4.69) is 10.1 Å². The van der Waals surface area contributed by atoms with E-state index in [1.807, 2.05) is 43.3 Å². The van der Waals surface area contributed by atoms with Crippen molar-refractivity contribution in [2.24, 2.45) is 0 Å². The molecule has 1 aliphatic heterocycles. The topological polar surface area (TPSA) is 68.5 Å². The number of hydrogen-bond acceptors (Lipinski definition) is 5. The zero-order valence-electron chi connectivity index (χ0n) is 14.8. The normalized spacial score (nSPS) is 16.7. The van der Waals surface area contributed by atoms with Crippen LogP contribution >= 0.6 is 11.6 Å². The van der Waals surface area contributed by atoms with E-state index in [4.69, 9.17) is 20.9 Å². The fourth-order valence-corrected chi connectivity index (χ4v) is 3.25. The van der Waals surface area contributed by atoms with Gasteiger partial charge in [-0.3, -0.25) is 4.79 Å². The van der Waals surface area contributed by atoms with Gasteiger partial charge in [0.25, 0.3) is 0 Å². The fraction of sp³-hybridized carbons (Fsp3) is 0.250. The lowest BCUT2D eigenvalue weighted by atomic mass is 10.1. The maximum atomic E-state index is 12.5. The number of nitrogens with zero attached hydrogens (tertiary/aromatic N) is 3. The minimum atomic E-state index is -0.127. The third-order valence-electron chi connectivity index (χ3n) is 4.48. The second-order valence-electron chi connectivity index (χ2n) is 6.30. The summed E-state index contributed by atoms with van der Waals surface area (Å²) in [5, 5.41) is 4.69. The molecule has 7 heteroatoms. The van der Waals surface area contributed by atoms with Gasteiger partial charge in [0, 0.05) is 29.2 Å². The van der Waals surface area contributed by atoms with Gasteiger partial charge in [-0.25, -0.2) is 0 Å². The molecule has 2 heterocycles. The largest absolute Gasteiger partial charge is 0.494 e. The van der Waals surface area contributed by atoms with Crippen molar-refractivity contribution >= 4 is 23.2 Å². The van der Waals surface area contributed by atoms with Crippen molar-refractivity contribution in [3.8, 4) is 17.1 Å². The maximum absolute atomic E-state index is 12.5. The number of hydrogen-bond donors (Lipinski definition) is 0. The van der Waals surface area contributed by atoms with Crippen LogP contribution in [0.25, 0.3) is 11.4 Å². The van der Waals surface area contributed by atoms with E-state index in [1.165, 1.54) is 0 Å². The van der Waals surface area contributed by atoms with Crippen LogP contribution in [-0.4, -0.2) is 29.2 Å². The van der Waals surface area contributed by atoms with Gasteiger partial charge in [-0.1, -0.05) is 16.8 Å². The number of ether oxygens (including phenoxy) is 1. The second kappa shape index (κ2) is 7.40. The molecule has 1 fully saturated rings. The fourth-order valence-electron chi connectivity index (χ4n) is 3.13. The summed E-state index contributed by atoms with van der Waals surface area (Å²) in [6.07, 6.45) is 0.343. The first-order valence-electron chi connectivity index (χ1n) is 8.77. The molecule has 27 heavy (non-hydrogen) atoms. The van der Waals surface area contributed by atoms with E-state index in [0.29, 0.717) is 36.3 Å². The minimum Gasteiger partial charge on any atom is -0.494 e. The average molecular weight is 384 g/mol. The highest BCUT2D eigenvalue weighted by Crippen LogP contribution is 2.32. The summed E-state index contributed by atoms with van der Waals surface area (Å²) >= 11 is 5.91. The summed E-state index contributed by atoms with van der Waals surface area (Å²) in [5.74, 6) is 1.66. The molecule has 6 nitrogen and oxygen atoms in total. The molecule has 3 aromatic rings. The van der Waals surface area contributed by atoms with Gasteiger partial charge in [-0.15, -0.1) is 0 Å². The molecule has 0 aliphatic carbocycles. The Kier molecular flexibility index (Phi) is 4.81. The molecule has 2 aromatic carbocycles. The first-order valence-corrected chi connectivity index (χ1v) is 9.14. The van der Waals surface area contributed by atoms with E-state index < -0.39 is 0 Å². The number of aromatic nitrogens is 2. The molecule has 0 spiro atoms. The summed E-state index contributed by atoms with van der Waals surface area (Å²) in [6, 6.07) is 14.7. The van der Waals surface area contributed by atoms with Crippen molar-refractivity contribution in [2.75, 3.05) is 18.1 Å². The second-order valence-corrected chi connectivity index (χ2v) is 6.73. The lowest BCUT2D eigenvalue weighted by Gasteiger charge is -2.16. The van der Waals surface area contributed by atoms with Gasteiger partial charge in [0.2, 0.25) is 17.6 Å². The maximum Gasteiger partial charge on any atom is 0.232 e. The van der Waals surface area contributed by atoms with Crippen molar-refractivity contribution in [1.82, 2.24) is 10.1 Å². The molecule has 0 saturated carbocycles. The number of halogens is 1. The Hall–Kier alpha value is -2.86. The van der Waals surface area contributed by atoms with Crippen LogP contribution in [0, 0.1) is 0 Å². The van der Waals surface area contributed by atoms with Crippen LogP contribution in [0.4, 0.5) is 5.69 Å². The molecular weight excluding hydrogens is 366 g/mol. The van der Waals surface area contributed by atoms with Gasteiger partial charge in [0.15, 0.2) is 0 Å². The predicted molar refractivity (Wildman–Crippen MR) is 102 cm³/mol. The lowest BCUT2D eigenvalue weighted by molar-refractivity contribution is -0.117. The molecule has 1 saturated heterocycles. The van der Waals surface area contributed by atoms with Crippen LogP contribution in [0.2, 0.25) is 5.02 Å². The van der Waals surface area contributed by atoms with Crippen LogP contribution < -0.4 is 9.64 Å². The summed E-state index contributed by atoms with van der Waals surface area (Å²) in [4.78, 5) is 18.7. The molecule has 0 bridgehead atoms. The molecule has 1 amide bonds. The Morgan fingerprint density at radius 3 is 2.63 bits per heavy atom. The quantitative estimate of drug-likeness (QED) is 0.656. The smallest absolute Gasteiger partial charge is 0.232 e. The van der Waals surface area contributed by atoms with Crippen molar-refractivity contribution in [3.63, 3.8) is 0 Å². The summed E-state index contributed by atoms with van der Waals surface area (Å²) in [7, 11) is 0. The highest BCUT2D eigenvalue weighted by Gasteiger charge is 2.35. The monoisotopic (exact) mass is 383 g/mol. The Balaban J connectivity index is 1.50. The van der Waals surface area contributed by atoms with E-state index in [1.54, 1.807) is 17.0 Å². The van der Waals surface area contributed by atoms with Crippen LogP contribution in [0.5, 0.6) is 5.75 Å². The number of rotatable bonds is 5. The van der Waals surface area contributed by atoms with Crippen LogP contribution in [0.3, 0.4) is 0 Å². The molecule has 1 unspecified atom stereocenters. The highest BCUT2D eigenvalue weighted by atomic mass is 35.5. The molecule has 1 aromatic heterocycles. The van der Waals surface area contributed by atoms with E-state index in [9.17, 15) is 4.79 Å². The van der Waals surface area contributed by atoms with Crippen molar-refractivity contribution < 1.29 is 14.1 Å². The lowest BCUT2D eigenvalue weighted by Crippen LogP contribution is -2.24. The van der Waals surface area contributed by atoms with Gasteiger partial charge < -0.3 is 14.2 Å². The zero-order chi connectivity index (χ0) is 18.8. The zero-order valence-corrected chi connectivity index (χ0v) is 15.5. The number of carbonyl (C=O) groups excluding carboxylic acids is 1. The van der Waals surface area contributed by atoms with E-state index in [0.717, 1.165) is 17.0 Å². The van der Waals surface area contributed by atoms with Crippen LogP contribution in [0.1, 0.15) is 25.2 Å². The number of amides is 1. The molecule has 4 rings (SSSR count). The molecule has 1 atom stereocenters.